The van der Waals surface area contributed by atoms with Gasteiger partial charge in [-0.2, -0.15) is 5.10 Å². The zero-order valence-electron chi connectivity index (χ0n) is 13.3. The maximum atomic E-state index is 12.9. The van der Waals surface area contributed by atoms with Crippen molar-refractivity contribution >= 4 is 5.91 Å². The lowest BCUT2D eigenvalue weighted by Crippen LogP contribution is -2.33. The molecule has 0 atom stereocenters. The third-order valence-electron chi connectivity index (χ3n) is 3.79. The van der Waals surface area contributed by atoms with Crippen molar-refractivity contribution in [3.05, 3.63) is 60.2 Å². The molecule has 3 aromatic rings. The highest BCUT2D eigenvalue weighted by Gasteiger charge is 2.19. The van der Waals surface area contributed by atoms with Crippen LogP contribution in [0.5, 0.6) is 0 Å². The van der Waals surface area contributed by atoms with E-state index in [4.69, 9.17) is 0 Å². The largest absolute Gasteiger partial charge is 0.367 e. The van der Waals surface area contributed by atoms with Gasteiger partial charge in [0.2, 0.25) is 0 Å². The fourth-order valence-corrected chi connectivity index (χ4v) is 2.52. The predicted molar refractivity (Wildman–Crippen MR) is 85.7 cm³/mol. The molecular formula is C16H20N6O. The summed E-state index contributed by atoms with van der Waals surface area (Å²) in [6.07, 6.45) is 12.7. The minimum atomic E-state index is 0.0210. The van der Waals surface area contributed by atoms with Gasteiger partial charge in [-0.05, 0) is 12.5 Å². The number of carbonyl (C=O) groups excluding carboxylic acids is 1. The maximum absolute atomic E-state index is 12.9. The molecule has 0 aliphatic carbocycles. The molecule has 0 spiro atoms. The number of aromatic amines is 1. The van der Waals surface area contributed by atoms with Crippen molar-refractivity contribution in [1.82, 2.24) is 29.2 Å². The standard InChI is InChI=1S/C16H20N6O/c1-13-7-18-9-15(13)16(23)22(6-5-21-4-3-17-12-21)11-14-8-19-20(2)10-14/h3-4,7-10,12,18H,5-6,11H2,1-2H3. The number of hydrogen-bond acceptors (Lipinski definition) is 3. The second kappa shape index (κ2) is 6.51. The fourth-order valence-electron chi connectivity index (χ4n) is 2.52. The van der Waals surface area contributed by atoms with Crippen LogP contribution in [0.2, 0.25) is 0 Å². The second-order valence-corrected chi connectivity index (χ2v) is 5.60. The molecule has 0 aliphatic heterocycles. The lowest BCUT2D eigenvalue weighted by molar-refractivity contribution is 0.0736. The number of carbonyl (C=O) groups is 1. The van der Waals surface area contributed by atoms with Crippen LogP contribution in [0.15, 0.2) is 43.5 Å². The number of amides is 1. The van der Waals surface area contributed by atoms with Crippen molar-refractivity contribution in [1.29, 1.82) is 0 Å². The van der Waals surface area contributed by atoms with Gasteiger partial charge < -0.3 is 14.5 Å². The number of imidazole rings is 1. The number of aryl methyl sites for hydroxylation is 2. The molecule has 0 aromatic carbocycles. The first kappa shape index (κ1) is 15.1. The molecule has 0 fully saturated rings. The lowest BCUT2D eigenvalue weighted by Gasteiger charge is -2.22. The molecule has 7 nitrogen and oxygen atoms in total. The molecule has 0 aliphatic rings. The van der Waals surface area contributed by atoms with Gasteiger partial charge in [0.15, 0.2) is 0 Å². The van der Waals surface area contributed by atoms with Crippen molar-refractivity contribution in [3.8, 4) is 0 Å². The van der Waals surface area contributed by atoms with E-state index in [1.165, 1.54) is 0 Å². The zero-order valence-corrected chi connectivity index (χ0v) is 13.3. The van der Waals surface area contributed by atoms with Gasteiger partial charge in [0.25, 0.3) is 5.91 Å². The van der Waals surface area contributed by atoms with E-state index in [1.807, 2.05) is 42.0 Å². The highest BCUT2D eigenvalue weighted by molar-refractivity contribution is 5.95. The highest BCUT2D eigenvalue weighted by atomic mass is 16.2. The molecule has 0 bridgehead atoms. The topological polar surface area (TPSA) is 71.7 Å². The number of H-pyrrole nitrogens is 1. The zero-order chi connectivity index (χ0) is 16.2. The average molecular weight is 312 g/mol. The summed E-state index contributed by atoms with van der Waals surface area (Å²) in [6, 6.07) is 0. The summed E-state index contributed by atoms with van der Waals surface area (Å²) in [6.45, 7) is 3.78. The molecule has 23 heavy (non-hydrogen) atoms. The molecule has 1 N–H and O–H groups in total. The van der Waals surface area contributed by atoms with Crippen LogP contribution in [-0.4, -0.2) is 41.7 Å². The van der Waals surface area contributed by atoms with Gasteiger partial charge in [-0.15, -0.1) is 0 Å². The van der Waals surface area contributed by atoms with E-state index in [9.17, 15) is 4.79 Å². The number of aromatic nitrogens is 5. The normalized spacial score (nSPS) is 10.9. The molecule has 0 unspecified atom stereocenters. The van der Waals surface area contributed by atoms with Crippen molar-refractivity contribution in [3.63, 3.8) is 0 Å². The predicted octanol–water partition coefficient (Wildman–Crippen LogP) is 1.60. The summed E-state index contributed by atoms with van der Waals surface area (Å²) in [7, 11) is 1.87. The van der Waals surface area contributed by atoms with Crippen molar-refractivity contribution in [2.45, 2.75) is 20.0 Å². The Morgan fingerprint density at radius 2 is 2.26 bits per heavy atom. The smallest absolute Gasteiger partial charge is 0.256 e. The van der Waals surface area contributed by atoms with Gasteiger partial charge in [-0.25, -0.2) is 4.98 Å². The quantitative estimate of drug-likeness (QED) is 0.751. The first-order valence-corrected chi connectivity index (χ1v) is 7.49. The number of nitrogens with one attached hydrogen (secondary N) is 1. The van der Waals surface area contributed by atoms with Crippen LogP contribution >= 0.6 is 0 Å². The van der Waals surface area contributed by atoms with Gasteiger partial charge in [-0.1, -0.05) is 0 Å². The van der Waals surface area contributed by atoms with Crippen LogP contribution in [0, 0.1) is 6.92 Å². The first-order chi connectivity index (χ1) is 11.1. The Kier molecular flexibility index (Phi) is 4.27. The van der Waals surface area contributed by atoms with E-state index < -0.39 is 0 Å². The summed E-state index contributed by atoms with van der Waals surface area (Å²) in [5.74, 6) is 0.0210. The van der Waals surface area contributed by atoms with Crippen LogP contribution in [-0.2, 0) is 20.1 Å². The van der Waals surface area contributed by atoms with E-state index in [1.54, 1.807) is 29.6 Å². The number of hydrogen-bond donors (Lipinski definition) is 1. The van der Waals surface area contributed by atoms with Crippen LogP contribution in [0.4, 0.5) is 0 Å². The van der Waals surface area contributed by atoms with Crippen LogP contribution in [0.25, 0.3) is 0 Å². The molecule has 3 rings (SSSR count). The van der Waals surface area contributed by atoms with Crippen molar-refractivity contribution in [2.75, 3.05) is 6.54 Å². The maximum Gasteiger partial charge on any atom is 0.256 e. The Hall–Kier alpha value is -2.83. The van der Waals surface area contributed by atoms with E-state index in [0.717, 1.165) is 11.1 Å². The molecule has 7 heteroatoms. The first-order valence-electron chi connectivity index (χ1n) is 7.49. The third kappa shape index (κ3) is 3.50. The van der Waals surface area contributed by atoms with Crippen molar-refractivity contribution < 1.29 is 4.79 Å². The molecule has 0 saturated heterocycles. The van der Waals surface area contributed by atoms with Gasteiger partial charge >= 0.3 is 0 Å². The summed E-state index contributed by atoms with van der Waals surface area (Å²) < 4.78 is 3.71. The minimum absolute atomic E-state index is 0.0210. The molecule has 120 valence electrons. The highest BCUT2D eigenvalue weighted by Crippen LogP contribution is 2.13. The minimum Gasteiger partial charge on any atom is -0.367 e. The van der Waals surface area contributed by atoms with Crippen molar-refractivity contribution in [2.24, 2.45) is 7.05 Å². The Morgan fingerprint density at radius 3 is 2.87 bits per heavy atom. The molecule has 1 amide bonds. The monoisotopic (exact) mass is 312 g/mol. The van der Waals surface area contributed by atoms with Crippen LogP contribution in [0.1, 0.15) is 21.5 Å². The molecule has 3 heterocycles. The van der Waals surface area contributed by atoms with E-state index in [2.05, 4.69) is 15.1 Å². The summed E-state index contributed by atoms with van der Waals surface area (Å²) in [5, 5.41) is 4.18. The Balaban J connectivity index is 1.77. The Morgan fingerprint density at radius 1 is 1.39 bits per heavy atom. The van der Waals surface area contributed by atoms with E-state index in [-0.39, 0.29) is 5.91 Å². The lowest BCUT2D eigenvalue weighted by atomic mass is 10.2. The summed E-state index contributed by atoms with van der Waals surface area (Å²) >= 11 is 0. The third-order valence-corrected chi connectivity index (χ3v) is 3.79. The van der Waals surface area contributed by atoms with E-state index >= 15 is 0 Å². The second-order valence-electron chi connectivity index (χ2n) is 5.60. The SMILES string of the molecule is Cc1c[nH]cc1C(=O)N(CCn1ccnc1)Cc1cnn(C)c1. The van der Waals surface area contributed by atoms with Crippen LogP contribution in [0.3, 0.4) is 0 Å². The van der Waals surface area contributed by atoms with Gasteiger partial charge in [-0.3, -0.25) is 9.48 Å². The summed E-state index contributed by atoms with van der Waals surface area (Å²) in [4.78, 5) is 21.7. The molecule has 0 saturated carbocycles. The number of rotatable bonds is 6. The van der Waals surface area contributed by atoms with E-state index in [0.29, 0.717) is 25.2 Å². The molecular weight excluding hydrogens is 292 g/mol. The Labute approximate surface area is 134 Å². The molecule has 0 radical (unpaired) electrons. The van der Waals surface area contributed by atoms with Gasteiger partial charge in [0.1, 0.15) is 0 Å². The van der Waals surface area contributed by atoms with Gasteiger partial charge in [0.05, 0.1) is 18.1 Å². The fraction of sp³-hybridized carbons (Fsp3) is 0.312. The van der Waals surface area contributed by atoms with Crippen LogP contribution < -0.4 is 0 Å². The molecule has 3 aromatic heterocycles. The average Bonchev–Trinajstić information content (AvgIpc) is 3.25. The summed E-state index contributed by atoms with van der Waals surface area (Å²) in [5.41, 5.74) is 2.67. The van der Waals surface area contributed by atoms with Gasteiger partial charge in [0, 0.05) is 63.2 Å². The number of nitrogens with zero attached hydrogens (tertiary/aromatic N) is 5. The Bertz CT molecular complexity index is 770.